The Morgan fingerprint density at radius 3 is 3.00 bits per heavy atom. The maximum Gasteiger partial charge on any atom is 0.317 e. The van der Waals surface area contributed by atoms with E-state index in [1.165, 1.54) is 0 Å². The molecule has 0 saturated carbocycles. The van der Waals surface area contributed by atoms with Gasteiger partial charge in [0.05, 0.1) is 18.1 Å². The lowest BCUT2D eigenvalue weighted by Crippen LogP contribution is -2.29. The first-order chi connectivity index (χ1) is 10.7. The molecular weight excluding hydrogens is 298 g/mol. The Kier molecular flexibility index (Phi) is 3.47. The fourth-order valence-corrected chi connectivity index (χ4v) is 4.05. The van der Waals surface area contributed by atoms with Gasteiger partial charge in [-0.25, -0.2) is 4.98 Å². The topological polar surface area (TPSA) is 48.4 Å². The molecule has 2 aromatic rings. The van der Waals surface area contributed by atoms with Crippen molar-refractivity contribution in [2.75, 3.05) is 0 Å². The highest BCUT2D eigenvalue weighted by atomic mass is 32.1. The second kappa shape index (κ2) is 5.48. The summed E-state index contributed by atoms with van der Waals surface area (Å²) in [5.74, 6) is 0.308. The van der Waals surface area contributed by atoms with Gasteiger partial charge in [0.15, 0.2) is 0 Å². The minimum atomic E-state index is -0.167. The van der Waals surface area contributed by atoms with Crippen molar-refractivity contribution < 1.29 is 14.3 Å². The maximum absolute atomic E-state index is 12.3. The first kappa shape index (κ1) is 13.9. The van der Waals surface area contributed by atoms with Crippen molar-refractivity contribution in [1.29, 1.82) is 0 Å². The molecule has 5 heteroatoms. The number of rotatable bonds is 3. The van der Waals surface area contributed by atoms with Gasteiger partial charge in [0.1, 0.15) is 10.8 Å². The molecule has 2 aliphatic heterocycles. The highest BCUT2D eigenvalue weighted by molar-refractivity contribution is 7.13. The van der Waals surface area contributed by atoms with Gasteiger partial charge >= 0.3 is 5.97 Å². The highest BCUT2D eigenvalue weighted by Crippen LogP contribution is 2.39. The third kappa shape index (κ3) is 2.55. The van der Waals surface area contributed by atoms with Crippen LogP contribution in [0, 0.1) is 12.8 Å². The van der Waals surface area contributed by atoms with Crippen LogP contribution in [0.5, 0.6) is 5.75 Å². The molecule has 0 amide bonds. The summed E-state index contributed by atoms with van der Waals surface area (Å²) in [4.78, 5) is 16.8. The molecule has 2 saturated heterocycles. The third-order valence-corrected chi connectivity index (χ3v) is 5.34. The minimum absolute atomic E-state index is 0.0577. The molecule has 0 radical (unpaired) electrons. The van der Waals surface area contributed by atoms with Gasteiger partial charge in [-0.05, 0) is 38.3 Å². The molecule has 3 atom stereocenters. The maximum atomic E-state index is 12.3. The second-order valence-electron chi connectivity index (χ2n) is 5.96. The van der Waals surface area contributed by atoms with Crippen molar-refractivity contribution in [3.05, 3.63) is 35.3 Å². The van der Waals surface area contributed by atoms with Gasteiger partial charge in [0.25, 0.3) is 0 Å². The lowest BCUT2D eigenvalue weighted by atomic mass is 9.89. The van der Waals surface area contributed by atoms with Crippen molar-refractivity contribution in [1.82, 2.24) is 4.98 Å². The predicted octanol–water partition coefficient (Wildman–Crippen LogP) is 3.59. The molecule has 2 fully saturated rings. The van der Waals surface area contributed by atoms with E-state index in [9.17, 15) is 4.79 Å². The van der Waals surface area contributed by atoms with Crippen LogP contribution >= 0.6 is 11.3 Å². The van der Waals surface area contributed by atoms with Gasteiger partial charge in [-0.15, -0.1) is 11.3 Å². The van der Waals surface area contributed by atoms with Crippen LogP contribution in [-0.4, -0.2) is 23.2 Å². The number of nitrogens with zero attached hydrogens (tertiary/aromatic N) is 1. The van der Waals surface area contributed by atoms with Crippen LogP contribution in [0.4, 0.5) is 0 Å². The summed E-state index contributed by atoms with van der Waals surface area (Å²) in [6, 6.07) is 7.57. The van der Waals surface area contributed by atoms with Crippen LogP contribution in [0.15, 0.2) is 29.6 Å². The van der Waals surface area contributed by atoms with Crippen LogP contribution in [0.1, 0.15) is 25.0 Å². The number of benzene rings is 1. The number of fused-ring (bicyclic) bond motifs is 2. The fourth-order valence-electron chi connectivity index (χ4n) is 3.26. The smallest absolute Gasteiger partial charge is 0.317 e. The Hall–Kier alpha value is -1.72. The average molecular weight is 315 g/mol. The van der Waals surface area contributed by atoms with E-state index in [-0.39, 0.29) is 24.1 Å². The zero-order chi connectivity index (χ0) is 15.1. The molecule has 3 heterocycles. The summed E-state index contributed by atoms with van der Waals surface area (Å²) in [5.41, 5.74) is 1.98. The monoisotopic (exact) mass is 315 g/mol. The quantitative estimate of drug-likeness (QED) is 0.641. The molecule has 0 spiro atoms. The normalized spacial score (nSPS) is 26.3. The second-order valence-corrected chi connectivity index (χ2v) is 6.82. The van der Waals surface area contributed by atoms with Crippen molar-refractivity contribution in [2.24, 2.45) is 5.92 Å². The van der Waals surface area contributed by atoms with E-state index in [0.717, 1.165) is 35.5 Å². The summed E-state index contributed by atoms with van der Waals surface area (Å²) < 4.78 is 11.3. The first-order valence-corrected chi connectivity index (χ1v) is 8.47. The SMILES string of the molecule is Cc1csc(-c2cccc(OC(=O)[C@H]3C[C@H]4CC[C@H]3O4)c2)n1. The number of ether oxygens (including phenoxy) is 2. The molecule has 0 N–H and O–H groups in total. The van der Waals surface area contributed by atoms with Gasteiger partial charge in [-0.2, -0.15) is 0 Å². The van der Waals surface area contributed by atoms with Crippen LogP contribution in [0.2, 0.25) is 0 Å². The van der Waals surface area contributed by atoms with Crippen LogP contribution in [0.25, 0.3) is 10.6 Å². The van der Waals surface area contributed by atoms with Crippen molar-refractivity contribution in [2.45, 2.75) is 38.4 Å². The molecule has 22 heavy (non-hydrogen) atoms. The van der Waals surface area contributed by atoms with Crippen LogP contribution < -0.4 is 4.74 Å². The average Bonchev–Trinajstić information content (AvgIpc) is 3.23. The summed E-state index contributed by atoms with van der Waals surface area (Å²) in [5, 5.41) is 2.96. The first-order valence-electron chi connectivity index (χ1n) is 7.59. The lowest BCUT2D eigenvalue weighted by Gasteiger charge is -2.17. The number of carbonyl (C=O) groups excluding carboxylic acids is 1. The van der Waals surface area contributed by atoms with Crippen LogP contribution in [0.3, 0.4) is 0 Å². The van der Waals surface area contributed by atoms with Crippen molar-refractivity contribution in [3.63, 3.8) is 0 Å². The largest absolute Gasteiger partial charge is 0.426 e. The molecule has 2 aliphatic rings. The van der Waals surface area contributed by atoms with E-state index in [1.807, 2.05) is 36.6 Å². The number of aryl methyl sites for hydroxylation is 1. The van der Waals surface area contributed by atoms with Crippen LogP contribution in [-0.2, 0) is 9.53 Å². The zero-order valence-electron chi connectivity index (χ0n) is 12.3. The molecule has 4 rings (SSSR count). The summed E-state index contributed by atoms with van der Waals surface area (Å²) >= 11 is 1.59. The fraction of sp³-hybridized carbons (Fsp3) is 0.412. The van der Waals surface area contributed by atoms with Gasteiger partial charge < -0.3 is 9.47 Å². The molecule has 0 aliphatic carbocycles. The number of esters is 1. The van der Waals surface area contributed by atoms with E-state index in [0.29, 0.717) is 5.75 Å². The van der Waals surface area contributed by atoms with Gasteiger partial charge in [0.2, 0.25) is 0 Å². The minimum Gasteiger partial charge on any atom is -0.426 e. The molecule has 1 aromatic heterocycles. The van der Waals surface area contributed by atoms with Gasteiger partial charge in [-0.3, -0.25) is 4.79 Å². The lowest BCUT2D eigenvalue weighted by molar-refractivity contribution is -0.140. The van der Waals surface area contributed by atoms with E-state index in [4.69, 9.17) is 9.47 Å². The predicted molar refractivity (Wildman–Crippen MR) is 83.9 cm³/mol. The van der Waals surface area contributed by atoms with Crippen molar-refractivity contribution in [3.8, 4) is 16.3 Å². The summed E-state index contributed by atoms with van der Waals surface area (Å²) in [7, 11) is 0. The molecule has 1 aromatic carbocycles. The number of thiazole rings is 1. The van der Waals surface area contributed by atoms with E-state index in [1.54, 1.807) is 11.3 Å². The number of carbonyl (C=O) groups is 1. The number of aromatic nitrogens is 1. The molecular formula is C17H17NO3S. The Labute approximate surface area is 133 Å². The summed E-state index contributed by atoms with van der Waals surface area (Å²) in [6.07, 6.45) is 3.17. The van der Waals surface area contributed by atoms with E-state index < -0.39 is 0 Å². The molecule has 0 unspecified atom stereocenters. The molecule has 4 nitrogen and oxygen atoms in total. The van der Waals surface area contributed by atoms with E-state index >= 15 is 0 Å². The van der Waals surface area contributed by atoms with Crippen molar-refractivity contribution >= 4 is 17.3 Å². The third-order valence-electron chi connectivity index (χ3n) is 4.33. The number of hydrogen-bond acceptors (Lipinski definition) is 5. The van der Waals surface area contributed by atoms with E-state index in [2.05, 4.69) is 4.98 Å². The molecule has 114 valence electrons. The van der Waals surface area contributed by atoms with Gasteiger partial charge in [0, 0.05) is 16.6 Å². The number of hydrogen-bond donors (Lipinski definition) is 0. The Morgan fingerprint density at radius 2 is 2.32 bits per heavy atom. The summed E-state index contributed by atoms with van der Waals surface area (Å²) in [6.45, 7) is 1.97. The Balaban J connectivity index is 1.50. The molecule has 2 bridgehead atoms. The zero-order valence-corrected chi connectivity index (χ0v) is 13.1. The standard InChI is InChI=1S/C17H17NO3S/c1-10-9-22-16(18-10)11-3-2-4-12(7-11)21-17(19)14-8-13-5-6-15(14)20-13/h2-4,7,9,13-15H,5-6,8H2,1H3/t13-,14+,15-/m1/s1. The Bertz CT molecular complexity index is 711. The highest BCUT2D eigenvalue weighted by Gasteiger charge is 2.45. The van der Waals surface area contributed by atoms with Gasteiger partial charge in [-0.1, -0.05) is 12.1 Å². The Morgan fingerprint density at radius 1 is 1.41 bits per heavy atom.